The van der Waals surface area contributed by atoms with Gasteiger partial charge in [-0.3, -0.25) is 4.79 Å². The van der Waals surface area contributed by atoms with Crippen LogP contribution < -0.4 is 12.4 Å². The van der Waals surface area contributed by atoms with Crippen LogP contribution in [0, 0.1) is 6.92 Å². The second-order valence-electron chi connectivity index (χ2n) is 1.59. The zero-order valence-corrected chi connectivity index (χ0v) is 8.78. The molecule has 1 N–H and O–H groups in total. The molecule has 1 aromatic carbocycles. The summed E-state index contributed by atoms with van der Waals surface area (Å²) in [5.74, 6) is 0. The molecule has 1 aromatic rings. The number of hydrogen-bond donors (Lipinski definition) is 1. The Labute approximate surface area is 94.5 Å². The fourth-order valence-corrected chi connectivity index (χ4v) is 0.478. The number of halogens is 1. The third-order valence-corrected chi connectivity index (χ3v) is 0.843. The maximum Gasteiger partial charge on any atom is 2.00 e. The molecule has 0 aliphatic carbocycles. The van der Waals surface area contributed by atoms with Crippen LogP contribution in [0.15, 0.2) is 30.3 Å². The van der Waals surface area contributed by atoms with Crippen molar-refractivity contribution in [2.45, 2.75) is 0 Å². The van der Waals surface area contributed by atoms with Crippen molar-refractivity contribution in [2.24, 2.45) is 0 Å². The molecule has 0 aromatic heterocycles. The van der Waals surface area contributed by atoms with Crippen LogP contribution in [0.2, 0.25) is 0 Å². The summed E-state index contributed by atoms with van der Waals surface area (Å²) in [5.41, 5.74) is 1.07. The fraction of sp³-hybridized carbons (Fsp3) is 0. The van der Waals surface area contributed by atoms with Crippen LogP contribution in [0.3, 0.4) is 0 Å². The van der Waals surface area contributed by atoms with Crippen molar-refractivity contribution < 1.29 is 22.3 Å². The third-order valence-electron chi connectivity index (χ3n) is 0.843. The Morgan fingerprint density at radius 1 is 1.25 bits per heavy atom. The Bertz CT molecular complexity index is 180. The van der Waals surface area contributed by atoms with Gasteiger partial charge in [0.05, 0.1) is 0 Å². The molecule has 0 bridgehead atoms. The van der Waals surface area contributed by atoms with Crippen LogP contribution in [0.4, 0.5) is 0 Å². The summed E-state index contributed by atoms with van der Waals surface area (Å²) in [6.45, 7) is 3.47. The van der Waals surface area contributed by atoms with Crippen molar-refractivity contribution in [3.8, 4) is 0 Å². The summed E-state index contributed by atoms with van der Waals surface area (Å²) in [6.07, 6.45) is 0. The molecule has 0 amide bonds. The molecule has 12 heavy (non-hydrogen) atoms. The van der Waals surface area contributed by atoms with Crippen LogP contribution in [0.25, 0.3) is 0 Å². The largest absolute Gasteiger partial charge is 2.00 e. The molecule has 4 heteroatoms. The van der Waals surface area contributed by atoms with Gasteiger partial charge in [-0.15, -0.1) is 12.1 Å². The summed E-state index contributed by atoms with van der Waals surface area (Å²) in [7, 11) is 0. The molecule has 0 radical (unpaired) electrons. The zero-order chi connectivity index (χ0) is 7.82. The number of hydrogen-bond acceptors (Lipinski definition) is 1. The second kappa shape index (κ2) is 13.2. The van der Waals surface area contributed by atoms with Gasteiger partial charge in [0.25, 0.3) is 6.47 Å². The molecule has 1 rings (SSSR count). The Hall–Kier alpha value is -0.384. The molecular formula is C8H9ClMgO2. The third kappa shape index (κ3) is 12.3. The first-order chi connectivity index (χ1) is 4.81. The average Bonchev–Trinajstić information content (AvgIpc) is 1.91. The van der Waals surface area contributed by atoms with E-state index >= 15 is 0 Å². The summed E-state index contributed by atoms with van der Waals surface area (Å²) in [4.78, 5) is 8.36. The van der Waals surface area contributed by atoms with Gasteiger partial charge in [-0.05, 0) is 0 Å². The number of benzene rings is 1. The average molecular weight is 197 g/mol. The van der Waals surface area contributed by atoms with Gasteiger partial charge < -0.3 is 17.5 Å². The van der Waals surface area contributed by atoms with Crippen molar-refractivity contribution >= 4 is 29.5 Å². The number of carbonyl (C=O) groups is 1. The molecule has 0 aliphatic heterocycles. The smallest absolute Gasteiger partial charge is 1.00 e. The molecule has 0 heterocycles. The SMILES string of the molecule is O=CO.[CH2-]c1ccccc1.[Cl-].[Mg+2]. The van der Waals surface area contributed by atoms with Crippen LogP contribution >= 0.6 is 0 Å². The van der Waals surface area contributed by atoms with Crippen LogP contribution in [-0.2, 0) is 4.79 Å². The van der Waals surface area contributed by atoms with Crippen LogP contribution in [0.5, 0.6) is 0 Å². The first-order valence-corrected chi connectivity index (χ1v) is 2.76. The van der Waals surface area contributed by atoms with Gasteiger partial charge in [-0.1, -0.05) is 6.07 Å². The van der Waals surface area contributed by atoms with Gasteiger partial charge >= 0.3 is 23.1 Å². The van der Waals surface area contributed by atoms with E-state index in [9.17, 15) is 0 Å². The minimum absolute atomic E-state index is 0. The van der Waals surface area contributed by atoms with Crippen molar-refractivity contribution in [1.82, 2.24) is 0 Å². The predicted molar refractivity (Wildman–Crippen MR) is 45.3 cm³/mol. The molecular weight excluding hydrogens is 188 g/mol. The molecule has 0 aliphatic rings. The van der Waals surface area contributed by atoms with E-state index in [1.54, 1.807) is 0 Å². The molecule has 62 valence electrons. The normalized spacial score (nSPS) is 6.00. The Kier molecular flexibility index (Phi) is 19.4. The second-order valence-corrected chi connectivity index (χ2v) is 1.59. The number of rotatable bonds is 0. The monoisotopic (exact) mass is 196 g/mol. The molecule has 0 saturated heterocycles. The predicted octanol–water partition coefficient (Wildman–Crippen LogP) is -1.81. The van der Waals surface area contributed by atoms with Crippen molar-refractivity contribution in [3.63, 3.8) is 0 Å². The van der Waals surface area contributed by atoms with E-state index in [-0.39, 0.29) is 41.9 Å². The Morgan fingerprint density at radius 2 is 1.58 bits per heavy atom. The minimum Gasteiger partial charge on any atom is -1.00 e. The van der Waals surface area contributed by atoms with Crippen LogP contribution in [-0.4, -0.2) is 34.6 Å². The minimum atomic E-state index is -0.250. The maximum atomic E-state index is 8.36. The fourth-order valence-electron chi connectivity index (χ4n) is 0.478. The van der Waals surface area contributed by atoms with Crippen molar-refractivity contribution in [2.75, 3.05) is 0 Å². The molecule has 0 unspecified atom stereocenters. The maximum absolute atomic E-state index is 8.36. The molecule has 2 nitrogen and oxygen atoms in total. The van der Waals surface area contributed by atoms with E-state index in [0.29, 0.717) is 0 Å². The summed E-state index contributed by atoms with van der Waals surface area (Å²) < 4.78 is 0. The van der Waals surface area contributed by atoms with E-state index < -0.39 is 0 Å². The first kappa shape index (κ1) is 17.6. The molecule has 0 atom stereocenters. The van der Waals surface area contributed by atoms with Gasteiger partial charge in [0.2, 0.25) is 0 Å². The first-order valence-electron chi connectivity index (χ1n) is 2.76. The van der Waals surface area contributed by atoms with Crippen molar-refractivity contribution in [3.05, 3.63) is 42.8 Å². The molecule has 0 spiro atoms. The van der Waals surface area contributed by atoms with E-state index in [2.05, 4.69) is 6.92 Å². The van der Waals surface area contributed by atoms with E-state index in [1.165, 1.54) is 0 Å². The zero-order valence-electron chi connectivity index (χ0n) is 6.61. The van der Waals surface area contributed by atoms with Gasteiger partial charge in [0, 0.05) is 0 Å². The number of carboxylic acid groups (broad SMARTS) is 1. The van der Waals surface area contributed by atoms with Gasteiger partial charge in [-0.25, -0.2) is 0 Å². The Morgan fingerprint density at radius 3 is 1.75 bits per heavy atom. The van der Waals surface area contributed by atoms with E-state index in [1.807, 2.05) is 30.3 Å². The van der Waals surface area contributed by atoms with E-state index in [0.717, 1.165) is 5.56 Å². The summed E-state index contributed by atoms with van der Waals surface area (Å²) in [6, 6.07) is 9.87. The van der Waals surface area contributed by atoms with Gasteiger partial charge in [0.1, 0.15) is 0 Å². The Balaban J connectivity index is -0.000000146. The molecule has 0 saturated carbocycles. The van der Waals surface area contributed by atoms with E-state index in [4.69, 9.17) is 9.90 Å². The van der Waals surface area contributed by atoms with Crippen molar-refractivity contribution in [1.29, 1.82) is 0 Å². The topological polar surface area (TPSA) is 37.3 Å². The van der Waals surface area contributed by atoms with Gasteiger partial charge in [-0.2, -0.15) is 24.6 Å². The summed E-state index contributed by atoms with van der Waals surface area (Å²) in [5, 5.41) is 6.89. The standard InChI is InChI=1S/C7H7.CH2O2.ClH.Mg/c1-7-5-3-2-4-6-7;2-1-3;;/h2-6H,1H2;1H,(H,2,3);1H;/q-1;;;+2/p-1. The van der Waals surface area contributed by atoms with Gasteiger partial charge in [0.15, 0.2) is 0 Å². The molecule has 0 fully saturated rings. The van der Waals surface area contributed by atoms with Crippen LogP contribution in [0.1, 0.15) is 5.56 Å². The quantitative estimate of drug-likeness (QED) is 0.302. The summed E-state index contributed by atoms with van der Waals surface area (Å²) >= 11 is 0.